The zero-order valence-electron chi connectivity index (χ0n) is 18.0. The second-order valence-electron chi connectivity index (χ2n) is 8.32. The number of hydrogen-bond donors (Lipinski definition) is 1. The summed E-state index contributed by atoms with van der Waals surface area (Å²) in [6, 6.07) is 17.9. The number of carbonyl (C=O) groups is 1. The third kappa shape index (κ3) is 5.56. The fourth-order valence-electron chi connectivity index (χ4n) is 3.64. The molecule has 0 atom stereocenters. The molecule has 4 aromatic rings. The smallest absolute Gasteiger partial charge is 0.251 e. The number of aromatic nitrogens is 1. The van der Waals surface area contributed by atoms with E-state index in [0.717, 1.165) is 35.4 Å². The summed E-state index contributed by atoms with van der Waals surface area (Å²) in [5.74, 6) is 0.977. The number of hydrogen-bond acceptors (Lipinski definition) is 5. The molecule has 0 spiro atoms. The van der Waals surface area contributed by atoms with Crippen molar-refractivity contribution in [2.45, 2.75) is 38.5 Å². The van der Waals surface area contributed by atoms with E-state index < -0.39 is 0 Å². The van der Waals surface area contributed by atoms with Crippen LogP contribution in [0, 0.1) is 5.82 Å². The second-order valence-corrected chi connectivity index (χ2v) is 8.32. The minimum absolute atomic E-state index is 0.0209. The number of amides is 1. The van der Waals surface area contributed by atoms with E-state index in [1.165, 1.54) is 12.1 Å². The molecule has 1 aliphatic carbocycles. The van der Waals surface area contributed by atoms with Crippen LogP contribution in [0.1, 0.15) is 40.2 Å². The van der Waals surface area contributed by atoms with Gasteiger partial charge in [-0.05, 0) is 66.9 Å². The predicted octanol–water partition coefficient (Wildman–Crippen LogP) is 5.17. The minimum Gasteiger partial charge on any atom is -0.468 e. The molecule has 0 aliphatic heterocycles. The van der Waals surface area contributed by atoms with E-state index >= 15 is 0 Å². The van der Waals surface area contributed by atoms with E-state index in [1.54, 1.807) is 24.7 Å². The van der Waals surface area contributed by atoms with Crippen LogP contribution in [0.5, 0.6) is 0 Å². The molecule has 168 valence electrons. The Morgan fingerprint density at radius 3 is 2.48 bits per heavy atom. The number of furan rings is 1. The maximum atomic E-state index is 13.2. The number of benzene rings is 2. The number of oxazole rings is 1. The highest BCUT2D eigenvalue weighted by molar-refractivity contribution is 5.94. The van der Waals surface area contributed by atoms with Crippen molar-refractivity contribution >= 4 is 5.91 Å². The summed E-state index contributed by atoms with van der Waals surface area (Å²) < 4.78 is 24.4. The van der Waals surface area contributed by atoms with Crippen LogP contribution in [0.15, 0.2) is 82.0 Å². The molecule has 7 heteroatoms. The highest BCUT2D eigenvalue weighted by Gasteiger charge is 2.23. The SMILES string of the molecule is O=C(NC1CC1)c1ccc(CN(Cc2coc(-c3ccc(F)cc3)n2)Cc2ccco2)cc1. The fraction of sp³-hybridized carbons (Fsp3) is 0.231. The van der Waals surface area contributed by atoms with Crippen molar-refractivity contribution in [3.05, 3.63) is 102 Å². The number of rotatable bonds is 9. The van der Waals surface area contributed by atoms with Gasteiger partial charge in [-0.1, -0.05) is 12.1 Å². The van der Waals surface area contributed by atoms with Crippen molar-refractivity contribution in [1.29, 1.82) is 0 Å². The van der Waals surface area contributed by atoms with E-state index in [4.69, 9.17) is 8.83 Å². The maximum absolute atomic E-state index is 13.2. The second kappa shape index (κ2) is 9.42. The number of halogens is 1. The van der Waals surface area contributed by atoms with Gasteiger partial charge in [0.15, 0.2) is 0 Å². The van der Waals surface area contributed by atoms with Gasteiger partial charge in [-0.25, -0.2) is 9.37 Å². The van der Waals surface area contributed by atoms with Gasteiger partial charge in [0.25, 0.3) is 5.91 Å². The molecule has 1 saturated carbocycles. The zero-order valence-corrected chi connectivity index (χ0v) is 18.0. The van der Waals surface area contributed by atoms with E-state index in [2.05, 4.69) is 15.2 Å². The Morgan fingerprint density at radius 1 is 1.00 bits per heavy atom. The number of nitrogens with zero attached hydrogens (tertiary/aromatic N) is 2. The lowest BCUT2D eigenvalue weighted by atomic mass is 10.1. The number of carbonyl (C=O) groups excluding carboxylic acids is 1. The van der Waals surface area contributed by atoms with E-state index in [0.29, 0.717) is 37.1 Å². The molecule has 6 nitrogen and oxygen atoms in total. The Balaban J connectivity index is 1.29. The highest BCUT2D eigenvalue weighted by atomic mass is 19.1. The zero-order chi connectivity index (χ0) is 22.6. The Bertz CT molecular complexity index is 1200. The molecule has 1 N–H and O–H groups in total. The summed E-state index contributed by atoms with van der Waals surface area (Å²) in [6.07, 6.45) is 5.41. The average molecular weight is 445 g/mol. The van der Waals surface area contributed by atoms with Gasteiger partial charge < -0.3 is 14.2 Å². The first-order chi connectivity index (χ1) is 16.1. The molecule has 0 bridgehead atoms. The van der Waals surface area contributed by atoms with Crippen molar-refractivity contribution in [2.24, 2.45) is 0 Å². The van der Waals surface area contributed by atoms with Crippen LogP contribution < -0.4 is 5.32 Å². The largest absolute Gasteiger partial charge is 0.468 e. The molecule has 1 fully saturated rings. The molecular weight excluding hydrogens is 421 g/mol. The lowest BCUT2D eigenvalue weighted by Gasteiger charge is -2.20. The molecule has 2 aromatic carbocycles. The van der Waals surface area contributed by atoms with Crippen LogP contribution in [-0.4, -0.2) is 21.8 Å². The van der Waals surface area contributed by atoms with Crippen molar-refractivity contribution < 1.29 is 18.0 Å². The van der Waals surface area contributed by atoms with Crippen LogP contribution in [0.2, 0.25) is 0 Å². The lowest BCUT2D eigenvalue weighted by molar-refractivity contribution is 0.0951. The quantitative estimate of drug-likeness (QED) is 0.385. The van der Waals surface area contributed by atoms with Crippen LogP contribution in [-0.2, 0) is 19.6 Å². The first kappa shape index (κ1) is 21.2. The molecule has 33 heavy (non-hydrogen) atoms. The molecule has 5 rings (SSSR count). The monoisotopic (exact) mass is 445 g/mol. The van der Waals surface area contributed by atoms with Gasteiger partial charge in [-0.2, -0.15) is 0 Å². The Morgan fingerprint density at radius 2 is 1.79 bits per heavy atom. The molecule has 2 aromatic heterocycles. The fourth-order valence-corrected chi connectivity index (χ4v) is 3.64. The number of nitrogens with one attached hydrogen (secondary N) is 1. The molecule has 0 unspecified atom stereocenters. The minimum atomic E-state index is -0.300. The lowest BCUT2D eigenvalue weighted by Crippen LogP contribution is -2.25. The first-order valence-corrected chi connectivity index (χ1v) is 11.0. The summed E-state index contributed by atoms with van der Waals surface area (Å²) in [4.78, 5) is 19.0. The van der Waals surface area contributed by atoms with E-state index in [-0.39, 0.29) is 11.7 Å². The third-order valence-corrected chi connectivity index (χ3v) is 5.52. The molecule has 2 heterocycles. The predicted molar refractivity (Wildman–Crippen MR) is 120 cm³/mol. The summed E-state index contributed by atoms with van der Waals surface area (Å²) in [6.45, 7) is 1.77. The molecule has 0 saturated heterocycles. The van der Waals surface area contributed by atoms with Crippen LogP contribution >= 0.6 is 0 Å². The normalized spacial score (nSPS) is 13.4. The highest BCUT2D eigenvalue weighted by Crippen LogP contribution is 2.22. The molecular formula is C26H24FN3O3. The van der Waals surface area contributed by atoms with E-state index in [9.17, 15) is 9.18 Å². The van der Waals surface area contributed by atoms with Crippen molar-refractivity contribution in [2.75, 3.05) is 0 Å². The van der Waals surface area contributed by atoms with Gasteiger partial charge >= 0.3 is 0 Å². The van der Waals surface area contributed by atoms with Crippen molar-refractivity contribution in [1.82, 2.24) is 15.2 Å². The summed E-state index contributed by atoms with van der Waals surface area (Å²) in [5.41, 5.74) is 3.23. The van der Waals surface area contributed by atoms with Crippen LogP contribution in [0.25, 0.3) is 11.5 Å². The van der Waals surface area contributed by atoms with Crippen molar-refractivity contribution in [3.63, 3.8) is 0 Å². The topological polar surface area (TPSA) is 71.5 Å². The summed E-state index contributed by atoms with van der Waals surface area (Å²) in [7, 11) is 0. The Hall–Kier alpha value is -3.71. The average Bonchev–Trinajstić information content (AvgIpc) is 3.27. The van der Waals surface area contributed by atoms with Crippen molar-refractivity contribution in [3.8, 4) is 11.5 Å². The standard InChI is InChI=1S/C26H24FN3O3/c27-21-9-7-20(8-10-21)26-29-23(17-33-26)15-30(16-24-2-1-13-32-24)14-18-3-5-19(6-4-18)25(31)28-22-11-12-22/h1-10,13,17,22H,11-12,14-16H2,(H,28,31). The van der Waals surface area contributed by atoms with Crippen LogP contribution in [0.3, 0.4) is 0 Å². The van der Waals surface area contributed by atoms with Crippen LogP contribution in [0.4, 0.5) is 4.39 Å². The molecule has 0 radical (unpaired) electrons. The third-order valence-electron chi connectivity index (χ3n) is 5.52. The maximum Gasteiger partial charge on any atom is 0.251 e. The Labute approximate surface area is 191 Å². The van der Waals surface area contributed by atoms with Gasteiger partial charge in [0.05, 0.1) is 18.5 Å². The van der Waals surface area contributed by atoms with Gasteiger partial charge in [-0.15, -0.1) is 0 Å². The van der Waals surface area contributed by atoms with Gasteiger partial charge in [-0.3, -0.25) is 9.69 Å². The van der Waals surface area contributed by atoms with Gasteiger partial charge in [0.2, 0.25) is 5.89 Å². The van der Waals surface area contributed by atoms with Gasteiger partial charge in [0.1, 0.15) is 17.8 Å². The van der Waals surface area contributed by atoms with Gasteiger partial charge in [0, 0.05) is 30.3 Å². The summed E-state index contributed by atoms with van der Waals surface area (Å²) in [5, 5.41) is 3.01. The molecule has 1 aliphatic rings. The van der Waals surface area contributed by atoms with E-state index in [1.807, 2.05) is 36.4 Å². The first-order valence-electron chi connectivity index (χ1n) is 11.0. The summed E-state index contributed by atoms with van der Waals surface area (Å²) >= 11 is 0. The molecule has 1 amide bonds. The Kier molecular flexibility index (Phi) is 6.04.